The summed E-state index contributed by atoms with van der Waals surface area (Å²) in [5, 5.41) is 9.21. The fourth-order valence-corrected chi connectivity index (χ4v) is 3.32. The summed E-state index contributed by atoms with van der Waals surface area (Å²) >= 11 is 1.66. The number of ether oxygens (including phenoxy) is 1. The molecule has 5 nitrogen and oxygen atoms in total. The number of nitrogens with zero attached hydrogens (tertiary/aromatic N) is 2. The van der Waals surface area contributed by atoms with Crippen molar-refractivity contribution < 1.29 is 9.53 Å². The highest BCUT2D eigenvalue weighted by Gasteiger charge is 2.18. The van der Waals surface area contributed by atoms with Crippen LogP contribution >= 0.6 is 11.3 Å². The van der Waals surface area contributed by atoms with Crippen LogP contribution in [0, 0.1) is 0 Å². The van der Waals surface area contributed by atoms with Crippen molar-refractivity contribution in [2.45, 2.75) is 45.8 Å². The molecule has 0 saturated carbocycles. The van der Waals surface area contributed by atoms with Crippen molar-refractivity contribution in [3.8, 4) is 5.75 Å². The number of anilines is 1. The summed E-state index contributed by atoms with van der Waals surface area (Å²) in [4.78, 5) is 13.7. The summed E-state index contributed by atoms with van der Waals surface area (Å²) in [6.45, 7) is 8.87. The van der Waals surface area contributed by atoms with E-state index in [0.717, 1.165) is 0 Å². The van der Waals surface area contributed by atoms with E-state index >= 15 is 0 Å². The maximum Gasteiger partial charge on any atom is 0.266 e. The highest BCUT2D eigenvalue weighted by molar-refractivity contribution is 7.09. The number of rotatable bonds is 6. The van der Waals surface area contributed by atoms with Gasteiger partial charge in [-0.05, 0) is 41.5 Å². The summed E-state index contributed by atoms with van der Waals surface area (Å²) in [5.74, 6) is 1.13. The van der Waals surface area contributed by atoms with Crippen LogP contribution in [0.2, 0.25) is 0 Å². The van der Waals surface area contributed by atoms with Gasteiger partial charge < -0.3 is 10.1 Å². The molecule has 0 unspecified atom stereocenters. The van der Waals surface area contributed by atoms with Gasteiger partial charge in [-0.1, -0.05) is 39.0 Å². The van der Waals surface area contributed by atoms with Crippen LogP contribution in [0.25, 0.3) is 0 Å². The second-order valence-electron chi connectivity index (χ2n) is 7.48. The number of thiophene rings is 1. The highest BCUT2D eigenvalue weighted by Crippen LogP contribution is 2.24. The van der Waals surface area contributed by atoms with Crippen LogP contribution in [-0.4, -0.2) is 21.8 Å². The first-order chi connectivity index (χ1) is 12.8. The van der Waals surface area contributed by atoms with E-state index in [1.54, 1.807) is 35.2 Å². The Morgan fingerprint density at radius 2 is 1.96 bits per heavy atom. The molecule has 142 valence electrons. The molecular formula is C21H25N3O2S. The quantitative estimate of drug-likeness (QED) is 0.671. The Kier molecular flexibility index (Phi) is 5.65. The molecule has 3 rings (SSSR count). The zero-order chi connectivity index (χ0) is 19.4. The molecule has 1 amide bonds. The standard InChI is InChI=1S/C21H25N3O2S/c1-15(26-17-9-7-16(8-10-17)21(2,3)4)20(25)23-19-11-12-22-24(19)14-18-6-5-13-27-18/h5-13,15H,14H2,1-4H3,(H,23,25)/t15-/m1/s1. The lowest BCUT2D eigenvalue weighted by molar-refractivity contribution is -0.122. The van der Waals surface area contributed by atoms with Gasteiger partial charge in [0.15, 0.2) is 6.10 Å². The molecule has 0 aliphatic rings. The van der Waals surface area contributed by atoms with Gasteiger partial charge >= 0.3 is 0 Å². The zero-order valence-electron chi connectivity index (χ0n) is 16.1. The molecule has 27 heavy (non-hydrogen) atoms. The fourth-order valence-electron chi connectivity index (χ4n) is 2.63. The van der Waals surface area contributed by atoms with Crippen molar-refractivity contribution in [1.29, 1.82) is 0 Å². The molecule has 0 saturated heterocycles. The van der Waals surface area contributed by atoms with E-state index < -0.39 is 6.10 Å². The number of aromatic nitrogens is 2. The maximum atomic E-state index is 12.5. The number of hydrogen-bond acceptors (Lipinski definition) is 4. The highest BCUT2D eigenvalue weighted by atomic mass is 32.1. The third kappa shape index (κ3) is 4.98. The van der Waals surface area contributed by atoms with Crippen LogP contribution < -0.4 is 10.1 Å². The third-order valence-electron chi connectivity index (χ3n) is 4.26. The van der Waals surface area contributed by atoms with E-state index in [1.807, 2.05) is 41.8 Å². The number of carbonyl (C=O) groups excluding carboxylic acids is 1. The number of benzene rings is 1. The summed E-state index contributed by atoms with van der Waals surface area (Å²) in [7, 11) is 0. The molecular weight excluding hydrogens is 358 g/mol. The normalized spacial score (nSPS) is 12.6. The Labute approximate surface area is 164 Å². The summed E-state index contributed by atoms with van der Waals surface area (Å²) in [5.41, 5.74) is 1.31. The molecule has 0 bridgehead atoms. The minimum atomic E-state index is -0.615. The summed E-state index contributed by atoms with van der Waals surface area (Å²) in [6.07, 6.45) is 1.07. The van der Waals surface area contributed by atoms with Gasteiger partial charge in [0.1, 0.15) is 11.6 Å². The molecule has 0 aliphatic heterocycles. The second kappa shape index (κ2) is 7.96. The van der Waals surface area contributed by atoms with Crippen molar-refractivity contribution in [2.24, 2.45) is 0 Å². The van der Waals surface area contributed by atoms with Crippen LogP contribution in [0.15, 0.2) is 54.0 Å². The second-order valence-corrected chi connectivity index (χ2v) is 8.51. The Bertz CT molecular complexity index is 877. The molecule has 1 atom stereocenters. The number of hydrogen-bond donors (Lipinski definition) is 1. The SMILES string of the molecule is C[C@@H](Oc1ccc(C(C)(C)C)cc1)C(=O)Nc1ccnn1Cc1cccs1. The first-order valence-electron chi connectivity index (χ1n) is 8.95. The van der Waals surface area contributed by atoms with Crippen molar-refractivity contribution in [2.75, 3.05) is 5.32 Å². The van der Waals surface area contributed by atoms with Crippen molar-refractivity contribution in [3.63, 3.8) is 0 Å². The predicted octanol–water partition coefficient (Wildman–Crippen LogP) is 4.70. The van der Waals surface area contributed by atoms with E-state index in [1.165, 1.54) is 10.4 Å². The van der Waals surface area contributed by atoms with Crippen LogP contribution in [0.5, 0.6) is 5.75 Å². The number of nitrogens with one attached hydrogen (secondary N) is 1. The molecule has 0 aliphatic carbocycles. The van der Waals surface area contributed by atoms with Gasteiger partial charge in [0.25, 0.3) is 5.91 Å². The minimum absolute atomic E-state index is 0.0858. The lowest BCUT2D eigenvalue weighted by atomic mass is 9.87. The van der Waals surface area contributed by atoms with Crippen molar-refractivity contribution in [1.82, 2.24) is 9.78 Å². The molecule has 0 spiro atoms. The molecule has 2 heterocycles. The molecule has 0 radical (unpaired) electrons. The number of carbonyl (C=O) groups is 1. The topological polar surface area (TPSA) is 56.1 Å². The molecule has 0 fully saturated rings. The molecule has 3 aromatic rings. The fraction of sp³-hybridized carbons (Fsp3) is 0.333. The average molecular weight is 384 g/mol. The average Bonchev–Trinajstić information content (AvgIpc) is 3.27. The van der Waals surface area contributed by atoms with Crippen LogP contribution in [0.1, 0.15) is 38.1 Å². The van der Waals surface area contributed by atoms with Gasteiger partial charge in [0, 0.05) is 10.9 Å². The Balaban J connectivity index is 1.61. The maximum absolute atomic E-state index is 12.5. The van der Waals surface area contributed by atoms with Gasteiger partial charge in [0.2, 0.25) is 0 Å². The van der Waals surface area contributed by atoms with Crippen molar-refractivity contribution >= 4 is 23.1 Å². The minimum Gasteiger partial charge on any atom is -0.481 e. The molecule has 1 aromatic carbocycles. The third-order valence-corrected chi connectivity index (χ3v) is 5.12. The summed E-state index contributed by atoms with van der Waals surface area (Å²) in [6, 6.07) is 13.7. The van der Waals surface area contributed by atoms with Gasteiger partial charge in [-0.25, -0.2) is 4.68 Å². The molecule has 2 aromatic heterocycles. The number of amides is 1. The lowest BCUT2D eigenvalue weighted by Gasteiger charge is -2.20. The lowest BCUT2D eigenvalue weighted by Crippen LogP contribution is -2.31. The van der Waals surface area contributed by atoms with Crippen molar-refractivity contribution in [3.05, 3.63) is 64.5 Å². The van der Waals surface area contributed by atoms with Gasteiger partial charge in [-0.2, -0.15) is 5.10 Å². The van der Waals surface area contributed by atoms with E-state index in [2.05, 4.69) is 31.2 Å². The smallest absolute Gasteiger partial charge is 0.266 e. The van der Waals surface area contributed by atoms with E-state index in [0.29, 0.717) is 18.1 Å². The zero-order valence-corrected chi connectivity index (χ0v) is 16.9. The first-order valence-corrected chi connectivity index (χ1v) is 9.83. The van der Waals surface area contributed by atoms with E-state index in [4.69, 9.17) is 4.74 Å². The Hall–Kier alpha value is -2.60. The predicted molar refractivity (Wildman–Crippen MR) is 110 cm³/mol. The van der Waals surface area contributed by atoms with Gasteiger partial charge in [0.05, 0.1) is 12.7 Å². The van der Waals surface area contributed by atoms with E-state index in [9.17, 15) is 4.79 Å². The Morgan fingerprint density at radius 1 is 1.22 bits per heavy atom. The van der Waals surface area contributed by atoms with Crippen LogP contribution in [-0.2, 0) is 16.8 Å². The van der Waals surface area contributed by atoms with E-state index in [-0.39, 0.29) is 11.3 Å². The molecule has 1 N–H and O–H groups in total. The monoisotopic (exact) mass is 383 g/mol. The Morgan fingerprint density at radius 3 is 2.59 bits per heavy atom. The van der Waals surface area contributed by atoms with Crippen LogP contribution in [0.4, 0.5) is 5.82 Å². The largest absolute Gasteiger partial charge is 0.481 e. The first kappa shape index (κ1) is 19.2. The molecule has 6 heteroatoms. The van der Waals surface area contributed by atoms with Gasteiger partial charge in [-0.3, -0.25) is 4.79 Å². The van der Waals surface area contributed by atoms with Crippen LogP contribution in [0.3, 0.4) is 0 Å². The summed E-state index contributed by atoms with van der Waals surface area (Å²) < 4.78 is 7.57. The van der Waals surface area contributed by atoms with Gasteiger partial charge in [-0.15, -0.1) is 11.3 Å².